The predicted octanol–water partition coefficient (Wildman–Crippen LogP) is 2.77. The minimum absolute atomic E-state index is 0.155. The third kappa shape index (κ3) is 2.88. The number of nitrogens with two attached hydrogens (primary N) is 1. The fourth-order valence-electron chi connectivity index (χ4n) is 3.17. The van der Waals surface area contributed by atoms with Crippen LogP contribution in [0.3, 0.4) is 0 Å². The lowest BCUT2D eigenvalue weighted by molar-refractivity contribution is 0.558. The Balaban J connectivity index is 2.06. The number of benzene rings is 2. The van der Waals surface area contributed by atoms with Gasteiger partial charge in [-0.05, 0) is 73.2 Å². The van der Waals surface area contributed by atoms with Crippen molar-refractivity contribution in [2.45, 2.75) is 35.0 Å². The van der Waals surface area contributed by atoms with E-state index in [0.717, 1.165) is 24.8 Å². The first-order valence-electron chi connectivity index (χ1n) is 7.64. The smallest absolute Gasteiger partial charge is 0.206 e. The molecule has 2 N–H and O–H groups in total. The van der Waals surface area contributed by atoms with Crippen molar-refractivity contribution in [1.29, 1.82) is 5.26 Å². The van der Waals surface area contributed by atoms with Crippen LogP contribution < -0.4 is 5.73 Å². The van der Waals surface area contributed by atoms with Gasteiger partial charge in [-0.25, -0.2) is 8.42 Å². The summed E-state index contributed by atoms with van der Waals surface area (Å²) in [5.74, 6) is 0.317. The molecular weight excluding hydrogens is 308 g/mol. The Kier molecular flexibility index (Phi) is 4.20. The molecule has 0 saturated heterocycles. The van der Waals surface area contributed by atoms with E-state index in [0.29, 0.717) is 18.0 Å². The number of rotatable bonds is 3. The summed E-state index contributed by atoms with van der Waals surface area (Å²) in [5.41, 5.74) is 8.40. The molecule has 0 aromatic heterocycles. The Morgan fingerprint density at radius 3 is 2.70 bits per heavy atom. The minimum Gasteiger partial charge on any atom is -0.330 e. The highest BCUT2D eigenvalue weighted by molar-refractivity contribution is 7.91. The third-order valence-electron chi connectivity index (χ3n) is 4.42. The molecule has 0 bridgehead atoms. The Bertz CT molecular complexity index is 882. The average Bonchev–Trinajstić information content (AvgIpc) is 2.60. The van der Waals surface area contributed by atoms with E-state index in [2.05, 4.69) is 0 Å². The zero-order chi connectivity index (χ0) is 16.4. The molecule has 5 heteroatoms. The van der Waals surface area contributed by atoms with Crippen molar-refractivity contribution in [3.8, 4) is 6.07 Å². The van der Waals surface area contributed by atoms with Crippen molar-refractivity contribution in [2.24, 2.45) is 5.73 Å². The van der Waals surface area contributed by atoms with Gasteiger partial charge in [0.1, 0.15) is 0 Å². The van der Waals surface area contributed by atoms with Crippen LogP contribution in [0.5, 0.6) is 0 Å². The van der Waals surface area contributed by atoms with Crippen LogP contribution >= 0.6 is 0 Å². The van der Waals surface area contributed by atoms with E-state index in [1.807, 2.05) is 12.1 Å². The van der Waals surface area contributed by atoms with Gasteiger partial charge in [0.15, 0.2) is 0 Å². The Morgan fingerprint density at radius 1 is 1.17 bits per heavy atom. The molecule has 4 nitrogen and oxygen atoms in total. The Hall–Kier alpha value is -2.16. The number of aryl methyl sites for hydroxylation is 1. The Labute approximate surface area is 136 Å². The fourth-order valence-corrected chi connectivity index (χ4v) is 4.53. The molecule has 0 saturated carbocycles. The van der Waals surface area contributed by atoms with Crippen LogP contribution in [0, 0.1) is 11.3 Å². The van der Waals surface area contributed by atoms with Gasteiger partial charge in [0.05, 0.1) is 21.4 Å². The molecule has 2 aromatic carbocycles. The predicted molar refractivity (Wildman–Crippen MR) is 87.8 cm³/mol. The van der Waals surface area contributed by atoms with Crippen molar-refractivity contribution < 1.29 is 8.42 Å². The molecule has 118 valence electrons. The number of sulfone groups is 1. The van der Waals surface area contributed by atoms with E-state index in [1.54, 1.807) is 24.3 Å². The van der Waals surface area contributed by atoms with Crippen LogP contribution in [0.4, 0.5) is 0 Å². The number of nitrogens with zero attached hydrogens (tertiary/aromatic N) is 1. The SMILES string of the molecule is N#Cc1cccc(S(=O)(=O)c2ccc3c(c2)CCC[C@H]3CN)c1. The quantitative estimate of drug-likeness (QED) is 0.940. The summed E-state index contributed by atoms with van der Waals surface area (Å²) in [6.45, 7) is 0.587. The van der Waals surface area contributed by atoms with E-state index < -0.39 is 9.84 Å². The van der Waals surface area contributed by atoms with Gasteiger partial charge < -0.3 is 5.73 Å². The molecule has 0 amide bonds. The lowest BCUT2D eigenvalue weighted by Gasteiger charge is -2.24. The second-order valence-corrected chi connectivity index (χ2v) is 7.78. The molecule has 0 fully saturated rings. The summed E-state index contributed by atoms with van der Waals surface area (Å²) in [6.07, 6.45) is 2.97. The summed E-state index contributed by atoms with van der Waals surface area (Å²) in [4.78, 5) is 0.437. The van der Waals surface area contributed by atoms with Crippen LogP contribution in [0.15, 0.2) is 52.3 Å². The van der Waals surface area contributed by atoms with Crippen molar-refractivity contribution in [3.63, 3.8) is 0 Å². The van der Waals surface area contributed by atoms with E-state index in [-0.39, 0.29) is 9.79 Å². The molecule has 0 aliphatic heterocycles. The molecule has 23 heavy (non-hydrogen) atoms. The maximum atomic E-state index is 12.8. The standard InChI is InChI=1S/C18H18N2O2S/c19-11-13-3-1-6-16(9-13)23(21,22)17-7-8-18-14(10-17)4-2-5-15(18)12-20/h1,3,6-10,15H,2,4-5,12,20H2/t15-/m0/s1. The van der Waals surface area contributed by atoms with Gasteiger partial charge in [0, 0.05) is 0 Å². The van der Waals surface area contributed by atoms with Crippen LogP contribution in [0.1, 0.15) is 35.4 Å². The van der Waals surface area contributed by atoms with Crippen molar-refractivity contribution >= 4 is 9.84 Å². The summed E-state index contributed by atoms with van der Waals surface area (Å²) in [5, 5.41) is 8.96. The monoisotopic (exact) mass is 326 g/mol. The maximum Gasteiger partial charge on any atom is 0.206 e. The van der Waals surface area contributed by atoms with Crippen LogP contribution in [0.2, 0.25) is 0 Å². The molecule has 1 atom stereocenters. The molecule has 0 unspecified atom stereocenters. The zero-order valence-corrected chi connectivity index (χ0v) is 13.5. The molecular formula is C18H18N2O2S. The largest absolute Gasteiger partial charge is 0.330 e. The van der Waals surface area contributed by atoms with Gasteiger partial charge in [-0.2, -0.15) is 5.26 Å². The number of fused-ring (bicyclic) bond motifs is 1. The van der Waals surface area contributed by atoms with E-state index >= 15 is 0 Å². The highest BCUT2D eigenvalue weighted by Crippen LogP contribution is 2.33. The second kappa shape index (κ2) is 6.15. The maximum absolute atomic E-state index is 12.8. The van der Waals surface area contributed by atoms with Gasteiger partial charge in [-0.15, -0.1) is 0 Å². The summed E-state index contributed by atoms with van der Waals surface area (Å²) in [6, 6.07) is 13.4. The molecule has 0 radical (unpaired) electrons. The van der Waals surface area contributed by atoms with E-state index in [1.165, 1.54) is 17.7 Å². The number of hydrogen-bond donors (Lipinski definition) is 1. The van der Waals surface area contributed by atoms with Crippen LogP contribution in [0.25, 0.3) is 0 Å². The minimum atomic E-state index is -3.61. The van der Waals surface area contributed by atoms with E-state index in [9.17, 15) is 8.42 Å². The number of hydrogen-bond acceptors (Lipinski definition) is 4. The van der Waals surface area contributed by atoms with Crippen molar-refractivity contribution in [3.05, 3.63) is 59.2 Å². The summed E-state index contributed by atoms with van der Waals surface area (Å²) >= 11 is 0. The summed E-state index contributed by atoms with van der Waals surface area (Å²) < 4.78 is 25.6. The van der Waals surface area contributed by atoms with E-state index in [4.69, 9.17) is 11.0 Å². The Morgan fingerprint density at radius 2 is 1.96 bits per heavy atom. The first-order valence-corrected chi connectivity index (χ1v) is 9.12. The summed E-state index contributed by atoms with van der Waals surface area (Å²) in [7, 11) is -3.61. The second-order valence-electron chi connectivity index (χ2n) is 5.83. The molecule has 0 spiro atoms. The third-order valence-corrected chi connectivity index (χ3v) is 6.17. The van der Waals surface area contributed by atoms with Crippen molar-refractivity contribution in [1.82, 2.24) is 0 Å². The van der Waals surface area contributed by atoms with Gasteiger partial charge in [-0.1, -0.05) is 12.1 Å². The lowest BCUT2D eigenvalue weighted by Crippen LogP contribution is -2.18. The topological polar surface area (TPSA) is 84.0 Å². The van der Waals surface area contributed by atoms with Crippen LogP contribution in [-0.2, 0) is 16.3 Å². The van der Waals surface area contributed by atoms with Gasteiger partial charge in [0.25, 0.3) is 0 Å². The molecule has 1 aliphatic carbocycles. The zero-order valence-electron chi connectivity index (χ0n) is 12.7. The van der Waals surface area contributed by atoms with Gasteiger partial charge >= 0.3 is 0 Å². The van der Waals surface area contributed by atoms with Crippen LogP contribution in [-0.4, -0.2) is 15.0 Å². The first-order chi connectivity index (χ1) is 11.1. The van der Waals surface area contributed by atoms with Gasteiger partial charge in [0.2, 0.25) is 9.84 Å². The number of nitriles is 1. The highest BCUT2D eigenvalue weighted by Gasteiger charge is 2.23. The first kappa shape index (κ1) is 15.7. The highest BCUT2D eigenvalue weighted by atomic mass is 32.2. The fraction of sp³-hybridized carbons (Fsp3) is 0.278. The molecule has 3 rings (SSSR count). The molecule has 1 aliphatic rings. The molecule has 0 heterocycles. The molecule has 2 aromatic rings. The average molecular weight is 326 g/mol. The normalized spacial score (nSPS) is 17.3. The van der Waals surface area contributed by atoms with Crippen molar-refractivity contribution in [2.75, 3.05) is 6.54 Å². The lowest BCUT2D eigenvalue weighted by atomic mass is 9.83. The van der Waals surface area contributed by atoms with Gasteiger partial charge in [-0.3, -0.25) is 0 Å².